The molecule has 1 N–H and O–H groups in total. The van der Waals surface area contributed by atoms with E-state index in [0.29, 0.717) is 48.8 Å². The zero-order chi connectivity index (χ0) is 30.1. The van der Waals surface area contributed by atoms with Crippen LogP contribution in [0.2, 0.25) is 0 Å². The summed E-state index contributed by atoms with van der Waals surface area (Å²) in [5.41, 5.74) is 4.36. The van der Waals surface area contributed by atoms with Crippen LogP contribution in [0.3, 0.4) is 0 Å². The Balaban J connectivity index is 1.31. The number of fused-ring (bicyclic) bond motifs is 1. The first-order valence-corrected chi connectivity index (χ1v) is 15.1. The molecule has 6 rings (SSSR count). The van der Waals surface area contributed by atoms with E-state index < -0.39 is 12.1 Å². The van der Waals surface area contributed by atoms with Crippen molar-refractivity contribution in [1.82, 2.24) is 20.0 Å². The molecular formula is C35H38N4O4. The lowest BCUT2D eigenvalue weighted by Gasteiger charge is -2.36. The van der Waals surface area contributed by atoms with Crippen LogP contribution in [0.5, 0.6) is 11.5 Å². The van der Waals surface area contributed by atoms with Gasteiger partial charge in [-0.1, -0.05) is 68.4 Å². The number of benzene rings is 3. The van der Waals surface area contributed by atoms with Gasteiger partial charge in [0.2, 0.25) is 5.91 Å². The van der Waals surface area contributed by atoms with E-state index in [2.05, 4.69) is 31.3 Å². The standard InChI is InChI=1S/C35H38N4O4/c1-4-38-30-22-39(29(19-23(2)3)33(40)37-18-17-24-11-8-9-12-26(24)21-37)34(41)31(30)32(36-35(38)42)25-13-10-16-28(20-25)43-27-14-6-5-7-15-27/h5-16,20,23,29,32H,4,17-19,21-22H2,1-3H3,(H,36,42)/t29-,32+/m1/s1. The third-order valence-electron chi connectivity index (χ3n) is 8.53. The molecular weight excluding hydrogens is 540 g/mol. The van der Waals surface area contributed by atoms with Gasteiger partial charge in [-0.2, -0.15) is 0 Å². The molecule has 0 unspecified atom stereocenters. The number of hydrogen-bond acceptors (Lipinski definition) is 4. The Morgan fingerprint density at radius 2 is 1.65 bits per heavy atom. The molecule has 8 heteroatoms. The molecule has 0 fully saturated rings. The van der Waals surface area contributed by atoms with Gasteiger partial charge in [0.05, 0.1) is 23.9 Å². The van der Waals surface area contributed by atoms with E-state index in [9.17, 15) is 14.4 Å². The van der Waals surface area contributed by atoms with Crippen molar-refractivity contribution in [1.29, 1.82) is 0 Å². The summed E-state index contributed by atoms with van der Waals surface area (Å²) in [6.07, 6.45) is 1.34. The van der Waals surface area contributed by atoms with Gasteiger partial charge in [0.25, 0.3) is 5.91 Å². The van der Waals surface area contributed by atoms with Gasteiger partial charge in [-0.05, 0) is 66.6 Å². The highest BCUT2D eigenvalue weighted by Gasteiger charge is 2.47. The molecule has 2 atom stereocenters. The third kappa shape index (κ3) is 5.61. The lowest BCUT2D eigenvalue weighted by atomic mass is 9.95. The average molecular weight is 579 g/mol. The molecule has 3 aliphatic rings. The molecule has 3 aliphatic heterocycles. The molecule has 3 heterocycles. The minimum atomic E-state index is -0.654. The largest absolute Gasteiger partial charge is 0.457 e. The van der Waals surface area contributed by atoms with E-state index in [0.717, 1.165) is 17.5 Å². The molecule has 0 saturated heterocycles. The highest BCUT2D eigenvalue weighted by atomic mass is 16.5. The van der Waals surface area contributed by atoms with E-state index >= 15 is 0 Å². The number of amides is 4. The van der Waals surface area contributed by atoms with Crippen LogP contribution in [0.4, 0.5) is 4.79 Å². The first-order chi connectivity index (χ1) is 20.8. The molecule has 43 heavy (non-hydrogen) atoms. The fraction of sp³-hybridized carbons (Fsp3) is 0.343. The maximum atomic E-state index is 14.4. The van der Waals surface area contributed by atoms with E-state index in [1.54, 1.807) is 9.80 Å². The van der Waals surface area contributed by atoms with Crippen molar-refractivity contribution in [3.63, 3.8) is 0 Å². The quantitative estimate of drug-likeness (QED) is 0.374. The Kier molecular flexibility index (Phi) is 7.93. The fourth-order valence-electron chi connectivity index (χ4n) is 6.43. The second-order valence-corrected chi connectivity index (χ2v) is 11.8. The number of carbonyl (C=O) groups excluding carboxylic acids is 3. The number of para-hydroxylation sites is 1. The van der Waals surface area contributed by atoms with Gasteiger partial charge in [-0.25, -0.2) is 4.79 Å². The molecule has 3 aromatic rings. The molecule has 3 aromatic carbocycles. The maximum absolute atomic E-state index is 14.4. The lowest BCUT2D eigenvalue weighted by molar-refractivity contribution is -0.144. The molecule has 0 saturated carbocycles. The predicted molar refractivity (Wildman–Crippen MR) is 164 cm³/mol. The predicted octanol–water partition coefficient (Wildman–Crippen LogP) is 5.66. The molecule has 4 amide bonds. The van der Waals surface area contributed by atoms with Gasteiger partial charge in [0, 0.05) is 19.6 Å². The van der Waals surface area contributed by atoms with Gasteiger partial charge in [-0.3, -0.25) is 14.5 Å². The molecule has 0 radical (unpaired) electrons. The Morgan fingerprint density at radius 3 is 2.40 bits per heavy atom. The Labute approximate surface area is 252 Å². The summed E-state index contributed by atoms with van der Waals surface area (Å²) < 4.78 is 6.06. The van der Waals surface area contributed by atoms with Crippen molar-refractivity contribution < 1.29 is 19.1 Å². The van der Waals surface area contributed by atoms with E-state index in [1.165, 1.54) is 5.56 Å². The second-order valence-electron chi connectivity index (χ2n) is 11.8. The number of urea groups is 1. The number of nitrogens with one attached hydrogen (secondary N) is 1. The van der Waals surface area contributed by atoms with Crippen molar-refractivity contribution in [2.75, 3.05) is 19.6 Å². The van der Waals surface area contributed by atoms with Crippen LogP contribution < -0.4 is 10.1 Å². The minimum Gasteiger partial charge on any atom is -0.457 e. The van der Waals surface area contributed by atoms with Crippen LogP contribution in [-0.4, -0.2) is 58.2 Å². The van der Waals surface area contributed by atoms with E-state index in [1.807, 2.05) is 78.6 Å². The van der Waals surface area contributed by atoms with Crippen molar-refractivity contribution >= 4 is 17.8 Å². The van der Waals surface area contributed by atoms with Gasteiger partial charge in [0.1, 0.15) is 17.5 Å². The van der Waals surface area contributed by atoms with Gasteiger partial charge in [-0.15, -0.1) is 0 Å². The summed E-state index contributed by atoms with van der Waals surface area (Å²) in [6, 6.07) is 23.7. The van der Waals surface area contributed by atoms with Crippen molar-refractivity contribution in [2.24, 2.45) is 5.92 Å². The fourth-order valence-corrected chi connectivity index (χ4v) is 6.43. The van der Waals surface area contributed by atoms with Gasteiger partial charge >= 0.3 is 6.03 Å². The smallest absolute Gasteiger partial charge is 0.322 e. The Morgan fingerprint density at radius 1 is 0.930 bits per heavy atom. The SMILES string of the molecule is CCN1C(=O)N[C@@H](c2cccc(Oc3ccccc3)c2)C2=C1CN([C@H](CC(C)C)C(=O)N1CCc3ccccc3C1)C2=O. The van der Waals surface area contributed by atoms with Crippen LogP contribution in [0.1, 0.15) is 49.9 Å². The monoisotopic (exact) mass is 578 g/mol. The lowest BCUT2D eigenvalue weighted by Crippen LogP contribution is -2.51. The molecule has 0 bridgehead atoms. The van der Waals surface area contributed by atoms with E-state index in [-0.39, 0.29) is 30.3 Å². The summed E-state index contributed by atoms with van der Waals surface area (Å²) in [7, 11) is 0. The van der Waals surface area contributed by atoms with Gasteiger partial charge < -0.3 is 19.9 Å². The minimum absolute atomic E-state index is 0.0338. The van der Waals surface area contributed by atoms with Gasteiger partial charge in [0.15, 0.2) is 0 Å². The number of ether oxygens (including phenoxy) is 1. The summed E-state index contributed by atoms with van der Waals surface area (Å²) >= 11 is 0. The van der Waals surface area contributed by atoms with Crippen LogP contribution in [0.25, 0.3) is 0 Å². The van der Waals surface area contributed by atoms with Crippen molar-refractivity contribution in [3.05, 3.63) is 107 Å². The summed E-state index contributed by atoms with van der Waals surface area (Å²) in [5.74, 6) is 1.26. The first kappa shape index (κ1) is 28.5. The van der Waals surface area contributed by atoms with Crippen LogP contribution in [0, 0.1) is 5.92 Å². The zero-order valence-corrected chi connectivity index (χ0v) is 25.0. The zero-order valence-electron chi connectivity index (χ0n) is 25.0. The third-order valence-corrected chi connectivity index (χ3v) is 8.53. The highest BCUT2D eigenvalue weighted by Crippen LogP contribution is 2.39. The number of nitrogens with zero attached hydrogens (tertiary/aromatic N) is 3. The Hall–Kier alpha value is -4.59. The molecule has 8 nitrogen and oxygen atoms in total. The van der Waals surface area contributed by atoms with Crippen molar-refractivity contribution in [3.8, 4) is 11.5 Å². The highest BCUT2D eigenvalue weighted by molar-refractivity contribution is 6.03. The number of carbonyl (C=O) groups is 3. The molecule has 0 aliphatic carbocycles. The van der Waals surface area contributed by atoms with Crippen LogP contribution in [-0.2, 0) is 22.6 Å². The first-order valence-electron chi connectivity index (χ1n) is 15.1. The molecule has 0 aromatic heterocycles. The number of likely N-dealkylation sites (N-methyl/N-ethyl adjacent to an activating group) is 1. The topological polar surface area (TPSA) is 82.2 Å². The van der Waals surface area contributed by atoms with Crippen LogP contribution >= 0.6 is 0 Å². The van der Waals surface area contributed by atoms with Crippen LogP contribution in [0.15, 0.2) is 90.1 Å². The normalized spacial score (nSPS) is 18.9. The summed E-state index contributed by atoms with van der Waals surface area (Å²) in [5, 5.41) is 3.06. The van der Waals surface area contributed by atoms with E-state index in [4.69, 9.17) is 4.74 Å². The average Bonchev–Trinajstić information content (AvgIpc) is 3.35. The molecule has 222 valence electrons. The molecule has 0 spiro atoms. The second kappa shape index (κ2) is 12.0. The summed E-state index contributed by atoms with van der Waals surface area (Å²) in [6.45, 7) is 7.84. The van der Waals surface area contributed by atoms with Crippen molar-refractivity contribution in [2.45, 2.75) is 52.2 Å². The summed E-state index contributed by atoms with van der Waals surface area (Å²) in [4.78, 5) is 47.1. The maximum Gasteiger partial charge on any atom is 0.322 e. The number of hydrogen-bond donors (Lipinski definition) is 1. The number of rotatable bonds is 8. The Bertz CT molecular complexity index is 1570.